The summed E-state index contributed by atoms with van der Waals surface area (Å²) >= 11 is 1.38. The highest BCUT2D eigenvalue weighted by atomic mass is 32.1. The lowest BCUT2D eigenvalue weighted by Gasteiger charge is -2.06. The van der Waals surface area contributed by atoms with Gasteiger partial charge in [-0.2, -0.15) is 0 Å². The minimum Gasteiger partial charge on any atom is -0.456 e. The maximum atomic E-state index is 12.7. The first-order valence-corrected chi connectivity index (χ1v) is 10.9. The van der Waals surface area contributed by atoms with E-state index in [4.69, 9.17) is 4.42 Å². The zero-order chi connectivity index (χ0) is 22.1. The summed E-state index contributed by atoms with van der Waals surface area (Å²) in [6.45, 7) is 1.94. The van der Waals surface area contributed by atoms with E-state index in [0.29, 0.717) is 27.4 Å². The summed E-state index contributed by atoms with van der Waals surface area (Å²) in [6, 6.07) is 23.8. The summed E-state index contributed by atoms with van der Waals surface area (Å²) in [7, 11) is 0. The smallest absolute Gasteiger partial charge is 0.257 e. The number of benzene rings is 3. The Kier molecular flexibility index (Phi) is 5.13. The summed E-state index contributed by atoms with van der Waals surface area (Å²) in [5.41, 5.74) is 4.49. The summed E-state index contributed by atoms with van der Waals surface area (Å²) in [6.07, 6.45) is 0. The molecule has 5 aromatic rings. The number of nitrogens with one attached hydrogen (secondary N) is 1. The van der Waals surface area contributed by atoms with Gasteiger partial charge in [0.05, 0.1) is 11.1 Å². The van der Waals surface area contributed by atoms with Gasteiger partial charge in [0.25, 0.3) is 5.91 Å². The van der Waals surface area contributed by atoms with Gasteiger partial charge in [0, 0.05) is 28.1 Å². The van der Waals surface area contributed by atoms with Crippen molar-refractivity contribution in [2.75, 3.05) is 5.32 Å². The number of anilines is 1. The van der Waals surface area contributed by atoms with Crippen LogP contribution in [0, 0.1) is 6.92 Å². The number of carbonyl (C=O) groups excluding carboxylic acids is 1. The van der Waals surface area contributed by atoms with Gasteiger partial charge in [-0.05, 0) is 31.2 Å². The molecule has 0 saturated carbocycles. The minimum atomic E-state index is -0.249. The maximum Gasteiger partial charge on any atom is 0.257 e. The monoisotopic (exact) mass is 438 g/mol. The predicted octanol–water partition coefficient (Wildman–Crippen LogP) is 6.14. The van der Waals surface area contributed by atoms with Crippen LogP contribution in [0.3, 0.4) is 0 Å². The molecule has 0 fully saturated rings. The number of rotatable bonds is 4. The Morgan fingerprint density at radius 2 is 1.72 bits per heavy atom. The van der Waals surface area contributed by atoms with Crippen LogP contribution in [-0.2, 0) is 0 Å². The van der Waals surface area contributed by atoms with Gasteiger partial charge >= 0.3 is 0 Å². The molecule has 0 saturated heterocycles. The molecule has 156 valence electrons. The van der Waals surface area contributed by atoms with Gasteiger partial charge in [0.1, 0.15) is 11.3 Å². The molecule has 0 radical (unpaired) electrons. The Morgan fingerprint density at radius 3 is 2.50 bits per heavy atom. The van der Waals surface area contributed by atoms with Gasteiger partial charge in [0.2, 0.25) is 0 Å². The lowest BCUT2D eigenvalue weighted by Crippen LogP contribution is -2.11. The number of nitrogens with zero attached hydrogens (tertiary/aromatic N) is 1. The fourth-order valence-corrected chi connectivity index (χ4v) is 4.15. The minimum absolute atomic E-state index is 0.0928. The molecule has 2 heterocycles. The van der Waals surface area contributed by atoms with E-state index in [0.717, 1.165) is 22.4 Å². The molecule has 0 aliphatic rings. The molecule has 0 aliphatic heterocycles. The maximum absolute atomic E-state index is 12.7. The largest absolute Gasteiger partial charge is 0.456 e. The first-order valence-electron chi connectivity index (χ1n) is 10.0. The molecule has 6 heteroatoms. The zero-order valence-corrected chi connectivity index (χ0v) is 18.0. The second kappa shape index (κ2) is 8.24. The van der Waals surface area contributed by atoms with E-state index >= 15 is 0 Å². The lowest BCUT2D eigenvalue weighted by molar-refractivity contribution is 0.102. The molecule has 1 N–H and O–H groups in total. The predicted molar refractivity (Wildman–Crippen MR) is 128 cm³/mol. The Balaban J connectivity index is 1.35. The van der Waals surface area contributed by atoms with Crippen molar-refractivity contribution in [2.45, 2.75) is 6.92 Å². The van der Waals surface area contributed by atoms with Crippen molar-refractivity contribution in [3.63, 3.8) is 0 Å². The molecule has 0 spiro atoms. The fraction of sp³-hybridized carbons (Fsp3) is 0.0385. The van der Waals surface area contributed by atoms with Crippen molar-refractivity contribution in [2.24, 2.45) is 0 Å². The molecular weight excluding hydrogens is 420 g/mol. The van der Waals surface area contributed by atoms with Gasteiger partial charge in [-0.15, -0.1) is 11.3 Å². The van der Waals surface area contributed by atoms with E-state index in [1.807, 2.05) is 54.8 Å². The van der Waals surface area contributed by atoms with Crippen molar-refractivity contribution in [3.8, 4) is 22.6 Å². The van der Waals surface area contributed by atoms with E-state index in [1.165, 1.54) is 17.4 Å². The number of thiazole rings is 1. The third-order valence-electron chi connectivity index (χ3n) is 5.11. The highest BCUT2D eigenvalue weighted by Gasteiger charge is 2.12. The number of amides is 1. The second-order valence-corrected chi connectivity index (χ2v) is 8.27. The van der Waals surface area contributed by atoms with Crippen LogP contribution in [0.4, 0.5) is 5.13 Å². The van der Waals surface area contributed by atoms with Crippen LogP contribution in [0.1, 0.15) is 15.9 Å². The van der Waals surface area contributed by atoms with E-state index in [9.17, 15) is 9.59 Å². The van der Waals surface area contributed by atoms with E-state index in [1.54, 1.807) is 30.3 Å². The summed E-state index contributed by atoms with van der Waals surface area (Å²) in [4.78, 5) is 29.6. The van der Waals surface area contributed by atoms with Gasteiger partial charge in [-0.1, -0.05) is 54.1 Å². The topological polar surface area (TPSA) is 72.2 Å². The molecule has 0 aliphatic carbocycles. The number of fused-ring (bicyclic) bond motifs is 1. The number of aromatic nitrogens is 1. The van der Waals surface area contributed by atoms with Crippen molar-refractivity contribution in [1.82, 2.24) is 4.98 Å². The quantitative estimate of drug-likeness (QED) is 0.366. The molecule has 3 aromatic carbocycles. The average Bonchev–Trinajstić information content (AvgIpc) is 3.28. The third-order valence-corrected chi connectivity index (χ3v) is 5.87. The van der Waals surface area contributed by atoms with Crippen LogP contribution >= 0.6 is 11.3 Å². The van der Waals surface area contributed by atoms with Crippen LogP contribution in [-0.4, -0.2) is 10.9 Å². The van der Waals surface area contributed by atoms with Crippen molar-refractivity contribution < 1.29 is 9.21 Å². The molecule has 5 rings (SSSR count). The average molecular weight is 439 g/mol. The summed E-state index contributed by atoms with van der Waals surface area (Å²) in [5, 5.41) is 5.85. The number of hydrogen-bond donors (Lipinski definition) is 1. The standard InChI is InChI=1S/C26H18N2O3S/c1-16-7-12-23-20(13-16)22(29)14-24(31-23)18-8-10-19(11-9-18)25(30)28-26-27-21(15-32-26)17-5-3-2-4-6-17/h2-15H,1H3,(H,27,28,30). The van der Waals surface area contributed by atoms with Crippen LogP contribution in [0.25, 0.3) is 33.6 Å². The number of aryl methyl sites for hydroxylation is 1. The van der Waals surface area contributed by atoms with Gasteiger partial charge in [-0.3, -0.25) is 14.9 Å². The van der Waals surface area contributed by atoms with Crippen LogP contribution in [0.15, 0.2) is 93.5 Å². The molecule has 0 atom stereocenters. The van der Waals surface area contributed by atoms with Gasteiger partial charge in [-0.25, -0.2) is 4.98 Å². The van der Waals surface area contributed by atoms with E-state index in [-0.39, 0.29) is 11.3 Å². The molecule has 5 nitrogen and oxygen atoms in total. The molecule has 0 bridgehead atoms. The van der Waals surface area contributed by atoms with Crippen molar-refractivity contribution in [1.29, 1.82) is 0 Å². The molecule has 2 aromatic heterocycles. The third kappa shape index (κ3) is 3.96. The fourth-order valence-electron chi connectivity index (χ4n) is 3.44. The molecule has 0 unspecified atom stereocenters. The van der Waals surface area contributed by atoms with Crippen LogP contribution in [0.5, 0.6) is 0 Å². The Bertz CT molecular complexity index is 1490. The number of carbonyl (C=O) groups is 1. The van der Waals surface area contributed by atoms with E-state index < -0.39 is 0 Å². The summed E-state index contributed by atoms with van der Waals surface area (Å²) in [5.74, 6) is 0.215. The van der Waals surface area contributed by atoms with Crippen LogP contribution in [0.2, 0.25) is 0 Å². The first kappa shape index (κ1) is 19.9. The summed E-state index contributed by atoms with van der Waals surface area (Å²) < 4.78 is 5.92. The Hall–Kier alpha value is -4.03. The SMILES string of the molecule is Cc1ccc2oc(-c3ccc(C(=O)Nc4nc(-c5ccccc5)cs4)cc3)cc(=O)c2c1. The second-order valence-electron chi connectivity index (χ2n) is 7.41. The van der Waals surface area contributed by atoms with E-state index in [2.05, 4.69) is 10.3 Å². The van der Waals surface area contributed by atoms with Crippen molar-refractivity contribution in [3.05, 3.63) is 106 Å². The Morgan fingerprint density at radius 1 is 0.938 bits per heavy atom. The lowest BCUT2D eigenvalue weighted by atomic mass is 10.1. The molecule has 32 heavy (non-hydrogen) atoms. The first-order chi connectivity index (χ1) is 15.6. The zero-order valence-electron chi connectivity index (χ0n) is 17.2. The van der Waals surface area contributed by atoms with Gasteiger partial charge in [0.15, 0.2) is 10.6 Å². The molecular formula is C26H18N2O3S. The van der Waals surface area contributed by atoms with Crippen LogP contribution < -0.4 is 10.7 Å². The Labute approximate surface area is 188 Å². The van der Waals surface area contributed by atoms with Crippen molar-refractivity contribution >= 4 is 33.3 Å². The van der Waals surface area contributed by atoms with Gasteiger partial charge < -0.3 is 4.42 Å². The molecule has 1 amide bonds. The normalized spacial score (nSPS) is 10.9. The highest BCUT2D eigenvalue weighted by Crippen LogP contribution is 2.26. The number of hydrogen-bond acceptors (Lipinski definition) is 5. The highest BCUT2D eigenvalue weighted by molar-refractivity contribution is 7.14.